The van der Waals surface area contributed by atoms with Crippen molar-refractivity contribution in [3.8, 4) is 0 Å². The molecule has 0 amide bonds. The maximum atomic E-state index is 5.78. The highest BCUT2D eigenvalue weighted by molar-refractivity contribution is 5.77. The van der Waals surface area contributed by atoms with E-state index in [4.69, 9.17) is 19.9 Å². The average molecular weight is 271 g/mol. The van der Waals surface area contributed by atoms with Crippen LogP contribution in [-0.2, 0) is 14.2 Å². The third-order valence-corrected chi connectivity index (χ3v) is 3.36. The summed E-state index contributed by atoms with van der Waals surface area (Å²) in [5.74, 6) is 0.500. The lowest BCUT2D eigenvalue weighted by molar-refractivity contribution is 0.0420. The molecule has 6 heteroatoms. The van der Waals surface area contributed by atoms with E-state index >= 15 is 0 Å². The molecule has 0 aromatic rings. The number of nitrogens with two attached hydrogens (primary N) is 1. The topological polar surface area (TPSA) is 78.1 Å². The Bertz CT molecular complexity index is 274. The van der Waals surface area contributed by atoms with Crippen LogP contribution in [0.1, 0.15) is 25.7 Å². The number of guanidine groups is 1. The smallest absolute Gasteiger partial charge is 0.188 e. The molecule has 0 bridgehead atoms. The molecule has 2 aliphatic heterocycles. The van der Waals surface area contributed by atoms with Crippen molar-refractivity contribution in [2.75, 3.05) is 39.5 Å². The van der Waals surface area contributed by atoms with Crippen LogP contribution in [0.25, 0.3) is 0 Å². The first-order valence-electron chi connectivity index (χ1n) is 7.19. The van der Waals surface area contributed by atoms with Gasteiger partial charge in [-0.3, -0.25) is 4.99 Å². The van der Waals surface area contributed by atoms with Gasteiger partial charge in [-0.15, -0.1) is 0 Å². The third-order valence-electron chi connectivity index (χ3n) is 3.36. The van der Waals surface area contributed by atoms with Gasteiger partial charge in [-0.2, -0.15) is 0 Å². The van der Waals surface area contributed by atoms with Crippen molar-refractivity contribution in [1.29, 1.82) is 0 Å². The molecule has 3 N–H and O–H groups in total. The van der Waals surface area contributed by atoms with Gasteiger partial charge in [-0.05, 0) is 25.7 Å². The molecule has 0 spiro atoms. The van der Waals surface area contributed by atoms with Gasteiger partial charge < -0.3 is 25.3 Å². The molecule has 2 rings (SSSR count). The minimum absolute atomic E-state index is 0.256. The lowest BCUT2D eigenvalue weighted by Gasteiger charge is -2.11. The largest absolute Gasteiger partial charge is 0.379 e. The summed E-state index contributed by atoms with van der Waals surface area (Å²) in [5, 5.41) is 3.09. The maximum Gasteiger partial charge on any atom is 0.188 e. The molecular weight excluding hydrogens is 246 g/mol. The van der Waals surface area contributed by atoms with Crippen LogP contribution >= 0.6 is 0 Å². The van der Waals surface area contributed by atoms with Crippen molar-refractivity contribution in [2.24, 2.45) is 10.7 Å². The van der Waals surface area contributed by atoms with Gasteiger partial charge in [0.1, 0.15) is 0 Å². The van der Waals surface area contributed by atoms with Crippen LogP contribution in [0.4, 0.5) is 0 Å². The van der Waals surface area contributed by atoms with Crippen LogP contribution in [0.5, 0.6) is 0 Å². The number of hydrogen-bond donors (Lipinski definition) is 2. The fourth-order valence-electron chi connectivity index (χ4n) is 2.23. The lowest BCUT2D eigenvalue weighted by Crippen LogP contribution is -2.34. The van der Waals surface area contributed by atoms with E-state index in [0.717, 1.165) is 58.7 Å². The Morgan fingerprint density at radius 1 is 1.37 bits per heavy atom. The van der Waals surface area contributed by atoms with E-state index in [2.05, 4.69) is 10.3 Å². The Kier molecular flexibility index (Phi) is 6.39. The first kappa shape index (κ1) is 14.6. The van der Waals surface area contributed by atoms with Gasteiger partial charge in [-0.25, -0.2) is 0 Å². The van der Waals surface area contributed by atoms with Gasteiger partial charge in [0.05, 0.1) is 25.4 Å². The molecule has 0 saturated carbocycles. The normalized spacial score (nSPS) is 27.9. The second-order valence-corrected chi connectivity index (χ2v) is 5.00. The summed E-state index contributed by atoms with van der Waals surface area (Å²) in [6, 6.07) is 0. The predicted molar refractivity (Wildman–Crippen MR) is 73.3 cm³/mol. The highest BCUT2D eigenvalue weighted by Gasteiger charge is 2.15. The van der Waals surface area contributed by atoms with Crippen LogP contribution in [0, 0.1) is 0 Å². The SMILES string of the molecule is NC(=NCC1CCCO1)NCCCOC1CCOC1. The average Bonchev–Trinajstić information content (AvgIpc) is 3.09. The van der Waals surface area contributed by atoms with Crippen molar-refractivity contribution >= 4 is 5.96 Å². The van der Waals surface area contributed by atoms with Crippen molar-refractivity contribution in [1.82, 2.24) is 5.32 Å². The number of nitrogens with one attached hydrogen (secondary N) is 1. The van der Waals surface area contributed by atoms with Crippen molar-refractivity contribution in [2.45, 2.75) is 37.9 Å². The van der Waals surface area contributed by atoms with E-state index in [-0.39, 0.29) is 12.2 Å². The first-order chi connectivity index (χ1) is 9.34. The van der Waals surface area contributed by atoms with Crippen LogP contribution < -0.4 is 11.1 Å². The molecule has 2 atom stereocenters. The van der Waals surface area contributed by atoms with Crippen molar-refractivity contribution in [3.05, 3.63) is 0 Å². The molecule has 0 aromatic heterocycles. The van der Waals surface area contributed by atoms with Gasteiger partial charge in [0.25, 0.3) is 0 Å². The molecule has 2 aliphatic rings. The van der Waals surface area contributed by atoms with Gasteiger partial charge in [0, 0.05) is 26.4 Å². The lowest BCUT2D eigenvalue weighted by atomic mass is 10.2. The third kappa shape index (κ3) is 5.76. The zero-order chi connectivity index (χ0) is 13.3. The fraction of sp³-hybridized carbons (Fsp3) is 0.923. The van der Waals surface area contributed by atoms with E-state index in [9.17, 15) is 0 Å². The molecule has 0 aliphatic carbocycles. The van der Waals surface area contributed by atoms with Crippen LogP contribution in [0.3, 0.4) is 0 Å². The quantitative estimate of drug-likeness (QED) is 0.395. The maximum absolute atomic E-state index is 5.78. The second-order valence-electron chi connectivity index (χ2n) is 5.00. The molecule has 0 radical (unpaired) electrons. The highest BCUT2D eigenvalue weighted by atomic mass is 16.5. The highest BCUT2D eigenvalue weighted by Crippen LogP contribution is 2.11. The van der Waals surface area contributed by atoms with Crippen molar-refractivity contribution < 1.29 is 14.2 Å². The Hall–Kier alpha value is -0.850. The number of aliphatic imine (C=N–C) groups is 1. The zero-order valence-corrected chi connectivity index (χ0v) is 11.5. The molecule has 2 fully saturated rings. The number of rotatable bonds is 7. The molecule has 0 aromatic carbocycles. The van der Waals surface area contributed by atoms with E-state index in [1.54, 1.807) is 0 Å². The Labute approximate surface area is 114 Å². The summed E-state index contributed by atoms with van der Waals surface area (Å²) >= 11 is 0. The Morgan fingerprint density at radius 2 is 2.32 bits per heavy atom. The van der Waals surface area contributed by atoms with Gasteiger partial charge >= 0.3 is 0 Å². The van der Waals surface area contributed by atoms with E-state index in [0.29, 0.717) is 12.5 Å². The zero-order valence-electron chi connectivity index (χ0n) is 11.5. The first-order valence-corrected chi connectivity index (χ1v) is 7.19. The molecule has 6 nitrogen and oxygen atoms in total. The number of ether oxygens (including phenoxy) is 3. The van der Waals surface area contributed by atoms with Gasteiger partial charge in [0.2, 0.25) is 0 Å². The summed E-state index contributed by atoms with van der Waals surface area (Å²) in [7, 11) is 0. The summed E-state index contributed by atoms with van der Waals surface area (Å²) in [6.45, 7) is 4.60. The second kappa shape index (κ2) is 8.35. The van der Waals surface area contributed by atoms with Crippen LogP contribution in [0.15, 0.2) is 4.99 Å². The molecule has 2 unspecified atom stereocenters. The molecule has 19 heavy (non-hydrogen) atoms. The molecular formula is C13H25N3O3. The van der Waals surface area contributed by atoms with E-state index < -0.39 is 0 Å². The molecule has 110 valence electrons. The summed E-state index contributed by atoms with van der Waals surface area (Å²) in [4.78, 5) is 4.28. The van der Waals surface area contributed by atoms with Gasteiger partial charge in [-0.1, -0.05) is 0 Å². The number of hydrogen-bond acceptors (Lipinski definition) is 4. The molecule has 2 saturated heterocycles. The van der Waals surface area contributed by atoms with E-state index in [1.807, 2.05) is 0 Å². The Balaban J connectivity index is 1.46. The predicted octanol–water partition coefficient (Wildman–Crippen LogP) is 0.265. The fourth-order valence-corrected chi connectivity index (χ4v) is 2.23. The van der Waals surface area contributed by atoms with Crippen LogP contribution in [0.2, 0.25) is 0 Å². The Morgan fingerprint density at radius 3 is 3.05 bits per heavy atom. The summed E-state index contributed by atoms with van der Waals surface area (Å²) < 4.78 is 16.4. The standard InChI is InChI=1S/C13H25N3O3/c14-13(16-9-11-3-1-6-18-11)15-5-2-7-19-12-4-8-17-10-12/h11-12H,1-10H2,(H3,14,15,16). The van der Waals surface area contributed by atoms with Gasteiger partial charge in [0.15, 0.2) is 5.96 Å². The number of nitrogens with zero attached hydrogens (tertiary/aromatic N) is 1. The van der Waals surface area contributed by atoms with E-state index in [1.165, 1.54) is 0 Å². The minimum atomic E-state index is 0.256. The molecule has 2 heterocycles. The van der Waals surface area contributed by atoms with Crippen LogP contribution in [-0.4, -0.2) is 57.7 Å². The minimum Gasteiger partial charge on any atom is -0.379 e. The summed E-state index contributed by atoms with van der Waals surface area (Å²) in [5.41, 5.74) is 5.78. The monoisotopic (exact) mass is 271 g/mol. The summed E-state index contributed by atoms with van der Waals surface area (Å²) in [6.07, 6.45) is 4.70. The van der Waals surface area contributed by atoms with Crippen molar-refractivity contribution in [3.63, 3.8) is 0 Å².